The number of amides is 2. The first-order valence-corrected chi connectivity index (χ1v) is 28.4. The predicted molar refractivity (Wildman–Crippen MR) is 244 cm³/mol. The summed E-state index contributed by atoms with van der Waals surface area (Å²) in [6, 6.07) is 7.00. The summed E-state index contributed by atoms with van der Waals surface area (Å²) in [6.45, 7) is 10.8. The number of nitrogens with zero attached hydrogens (tertiary/aromatic N) is 2. The van der Waals surface area contributed by atoms with E-state index in [4.69, 9.17) is 0 Å². The second kappa shape index (κ2) is 15.0. The zero-order valence-corrected chi connectivity index (χ0v) is 40.8. The zero-order chi connectivity index (χ0) is 43.8. The lowest BCUT2D eigenvalue weighted by atomic mass is 9.38. The second-order valence-corrected chi connectivity index (χ2v) is 28.0. The molecule has 62 heavy (non-hydrogen) atoms. The standard InChI is InChI=1S/C48H68N4O6S4/c1-44-21-18-36-33(35(44)15-12-30(44)28-49-61(55,56)42-9-7-25-59-42)17-24-48(46(36,3)23-20-40(53)52(48)6)38-27-41(54)51(5)39-16-13-32-34-14-11-31(29-50-62(57,58)43-10-8-26-60-43)45(34,2)22-19-37(32)47(38,39)4/h7-10,25-27,30-37,39,49-50H,11-24,28-29H2,1-6H3/t30?,31?,32-,33-,34-,35-,36+,37+,39?,44+,45+,46+,47-,48?/m0/s1. The second-order valence-electron chi connectivity index (χ2n) is 22.1. The van der Waals surface area contributed by atoms with Gasteiger partial charge >= 0.3 is 0 Å². The lowest BCUT2D eigenvalue weighted by molar-refractivity contribution is -0.188. The summed E-state index contributed by atoms with van der Waals surface area (Å²) >= 11 is 2.52. The highest BCUT2D eigenvalue weighted by Crippen LogP contribution is 2.74. The van der Waals surface area contributed by atoms with Crippen LogP contribution in [0.5, 0.6) is 0 Å². The number of hydrogen-bond acceptors (Lipinski definition) is 8. The van der Waals surface area contributed by atoms with Crippen molar-refractivity contribution in [3.05, 3.63) is 46.7 Å². The molecule has 8 aliphatic rings. The molecule has 14 heteroatoms. The predicted octanol–water partition coefficient (Wildman–Crippen LogP) is 8.54. The molecule has 10 rings (SSSR count). The van der Waals surface area contributed by atoms with Gasteiger partial charge in [-0.25, -0.2) is 26.3 Å². The van der Waals surface area contributed by atoms with E-state index in [1.165, 1.54) is 28.2 Å². The van der Waals surface area contributed by atoms with Crippen LogP contribution in [0.2, 0.25) is 0 Å². The van der Waals surface area contributed by atoms with Gasteiger partial charge in [-0.2, -0.15) is 0 Å². The molecular formula is C48H68N4O6S4. The number of fused-ring (bicyclic) bond motifs is 10. The van der Waals surface area contributed by atoms with Crippen LogP contribution >= 0.6 is 22.7 Å². The van der Waals surface area contributed by atoms with Crippen LogP contribution in [0.3, 0.4) is 0 Å². The third kappa shape index (κ3) is 6.06. The molecule has 4 heterocycles. The molecule has 2 aromatic heterocycles. The molecule has 0 spiro atoms. The van der Waals surface area contributed by atoms with Crippen LogP contribution < -0.4 is 9.44 Å². The number of carbonyl (C=O) groups excluding carboxylic acids is 2. The molecule has 0 radical (unpaired) electrons. The Morgan fingerprint density at radius 1 is 0.661 bits per heavy atom. The Morgan fingerprint density at radius 3 is 1.76 bits per heavy atom. The minimum Gasteiger partial charge on any atom is -0.338 e. The van der Waals surface area contributed by atoms with Gasteiger partial charge in [0.05, 0.1) is 5.54 Å². The van der Waals surface area contributed by atoms with Gasteiger partial charge in [-0.1, -0.05) is 39.8 Å². The number of sulfonamides is 2. The quantitative estimate of drug-likeness (QED) is 0.259. The van der Waals surface area contributed by atoms with Crippen LogP contribution in [-0.2, 0) is 29.6 Å². The minimum absolute atomic E-state index is 0.0304. The van der Waals surface area contributed by atoms with E-state index in [1.54, 1.807) is 24.3 Å². The number of piperidine rings is 1. The summed E-state index contributed by atoms with van der Waals surface area (Å²) < 4.78 is 59.8. The molecule has 14 atom stereocenters. The highest BCUT2D eigenvalue weighted by molar-refractivity contribution is 7.91. The topological polar surface area (TPSA) is 133 Å². The van der Waals surface area contributed by atoms with E-state index in [-0.39, 0.29) is 51.4 Å². The summed E-state index contributed by atoms with van der Waals surface area (Å²) in [5, 5.41) is 3.63. The fourth-order valence-electron chi connectivity index (χ4n) is 17.5. The van der Waals surface area contributed by atoms with Gasteiger partial charge in [-0.05, 0) is 176 Å². The van der Waals surface area contributed by atoms with Crippen LogP contribution in [0.1, 0.15) is 118 Å². The number of nitrogens with one attached hydrogen (secondary N) is 2. The van der Waals surface area contributed by atoms with Crippen LogP contribution in [0.4, 0.5) is 0 Å². The molecule has 2 aliphatic heterocycles. The molecule has 10 nitrogen and oxygen atoms in total. The maximum absolute atomic E-state index is 14.4. The lowest BCUT2D eigenvalue weighted by Crippen LogP contribution is -2.74. The fraction of sp³-hybridized carbons (Fsp3) is 0.750. The normalized spacial score (nSPS) is 44.2. The van der Waals surface area contributed by atoms with E-state index < -0.39 is 25.6 Å². The average molecular weight is 925 g/mol. The summed E-state index contributed by atoms with van der Waals surface area (Å²) in [4.78, 5) is 33.0. The minimum atomic E-state index is -3.55. The van der Waals surface area contributed by atoms with E-state index in [2.05, 4.69) is 49.1 Å². The molecule has 340 valence electrons. The van der Waals surface area contributed by atoms with E-state index in [1.807, 2.05) is 28.8 Å². The first kappa shape index (κ1) is 43.8. The Balaban J connectivity index is 0.959. The van der Waals surface area contributed by atoms with Crippen LogP contribution in [0.15, 0.2) is 55.1 Å². The zero-order valence-electron chi connectivity index (χ0n) is 37.5. The van der Waals surface area contributed by atoms with Gasteiger partial charge in [-0.3, -0.25) is 9.59 Å². The van der Waals surface area contributed by atoms with Gasteiger partial charge in [0.15, 0.2) is 0 Å². The van der Waals surface area contributed by atoms with Crippen molar-refractivity contribution in [3.63, 3.8) is 0 Å². The van der Waals surface area contributed by atoms with Crippen LogP contribution in [0.25, 0.3) is 0 Å². The SMILES string of the molecule is CN1C(=O)C=C(C23CC[C@@H]4[C@@H](CC[C@]5(C)C(CNS(=O)(=O)c6cccs6)CC[C@@H]45)[C@@]2(C)CCC(=O)N3C)[C@@]2(C)C1CC[C@@H]1[C@H]2CC[C@]2(C)C(CNS(=O)(=O)c3cccs3)CC[C@@H]12. The molecule has 6 aliphatic carbocycles. The van der Waals surface area contributed by atoms with Gasteiger partial charge < -0.3 is 9.80 Å². The first-order valence-electron chi connectivity index (χ1n) is 23.7. The summed E-state index contributed by atoms with van der Waals surface area (Å²) in [7, 11) is -3.01. The van der Waals surface area contributed by atoms with Crippen molar-refractivity contribution in [2.24, 2.45) is 69.0 Å². The number of likely N-dealkylation sites (tertiary alicyclic amines) is 1. The van der Waals surface area contributed by atoms with Gasteiger partial charge in [0, 0.05) is 51.1 Å². The van der Waals surface area contributed by atoms with Crippen molar-refractivity contribution in [2.75, 3.05) is 27.2 Å². The van der Waals surface area contributed by atoms with E-state index in [9.17, 15) is 26.4 Å². The number of thiophene rings is 2. The summed E-state index contributed by atoms with van der Waals surface area (Å²) in [5.74, 6) is 3.49. The number of carbonyl (C=O) groups is 2. The summed E-state index contributed by atoms with van der Waals surface area (Å²) in [5.41, 5.74) is 0.209. The largest absolute Gasteiger partial charge is 0.338 e. The molecule has 0 bridgehead atoms. The van der Waals surface area contributed by atoms with Crippen molar-refractivity contribution in [3.8, 4) is 0 Å². The maximum atomic E-state index is 14.4. The first-order chi connectivity index (χ1) is 29.3. The van der Waals surface area contributed by atoms with Crippen molar-refractivity contribution >= 4 is 54.5 Å². The molecule has 0 aromatic carbocycles. The van der Waals surface area contributed by atoms with Gasteiger partial charge in [0.2, 0.25) is 31.9 Å². The van der Waals surface area contributed by atoms with Crippen molar-refractivity contribution in [2.45, 2.75) is 138 Å². The number of rotatable bonds is 9. The van der Waals surface area contributed by atoms with Gasteiger partial charge in [0.1, 0.15) is 8.42 Å². The molecular weight excluding hydrogens is 857 g/mol. The lowest BCUT2D eigenvalue weighted by Gasteiger charge is -2.72. The Bertz CT molecular complexity index is 2350. The van der Waals surface area contributed by atoms with Crippen molar-refractivity contribution in [1.29, 1.82) is 0 Å². The summed E-state index contributed by atoms with van der Waals surface area (Å²) in [6.07, 6.45) is 15.7. The molecule has 2 N–H and O–H groups in total. The van der Waals surface area contributed by atoms with Gasteiger partial charge in [0.25, 0.3) is 0 Å². The number of hydrogen-bond donors (Lipinski definition) is 2. The third-order valence-corrected chi connectivity index (χ3v) is 26.2. The Hall–Kier alpha value is -2.10. The molecule has 6 saturated carbocycles. The smallest absolute Gasteiger partial charge is 0.250 e. The third-order valence-electron chi connectivity index (χ3n) is 20.6. The monoisotopic (exact) mass is 924 g/mol. The van der Waals surface area contributed by atoms with E-state index in [0.717, 1.165) is 83.5 Å². The molecule has 1 saturated heterocycles. The van der Waals surface area contributed by atoms with E-state index >= 15 is 0 Å². The van der Waals surface area contributed by atoms with Crippen molar-refractivity contribution in [1.82, 2.24) is 19.2 Å². The molecule has 2 aromatic rings. The van der Waals surface area contributed by atoms with E-state index in [0.29, 0.717) is 63.4 Å². The molecule has 2 amide bonds. The number of likely N-dealkylation sites (N-methyl/N-ethyl adjacent to an activating group) is 2. The Morgan fingerprint density at radius 2 is 1.21 bits per heavy atom. The van der Waals surface area contributed by atoms with Crippen LogP contribution in [-0.4, -0.2) is 77.2 Å². The highest BCUT2D eigenvalue weighted by atomic mass is 32.3. The molecule has 7 fully saturated rings. The molecule has 4 unspecified atom stereocenters. The average Bonchev–Trinajstić information content (AvgIpc) is 4.07. The van der Waals surface area contributed by atoms with Crippen molar-refractivity contribution < 1.29 is 26.4 Å². The Kier molecular flexibility index (Phi) is 10.6. The van der Waals surface area contributed by atoms with Crippen LogP contribution in [0, 0.1) is 69.0 Å². The highest BCUT2D eigenvalue weighted by Gasteiger charge is 2.72. The van der Waals surface area contributed by atoms with Gasteiger partial charge in [-0.15, -0.1) is 22.7 Å². The Labute approximate surface area is 378 Å². The fourth-order valence-corrected chi connectivity index (χ4v) is 21.7. The maximum Gasteiger partial charge on any atom is 0.250 e.